The molecule has 0 saturated heterocycles. The zero-order chi connectivity index (χ0) is 11.5. The van der Waals surface area contributed by atoms with Gasteiger partial charge in [-0.3, -0.25) is 4.79 Å². The van der Waals surface area contributed by atoms with Gasteiger partial charge in [0.1, 0.15) is 5.76 Å². The lowest BCUT2D eigenvalue weighted by Crippen LogP contribution is -2.35. The highest BCUT2D eigenvalue weighted by atomic mass is 16.5. The third kappa shape index (κ3) is 3.73. The van der Waals surface area contributed by atoms with Crippen LogP contribution in [0.4, 0.5) is 0 Å². The van der Waals surface area contributed by atoms with Gasteiger partial charge in [-0.25, -0.2) is 0 Å². The SMILES string of the molecule is Cc1cc(CCNC(=O)C(C)(C)C)no1. The molecule has 0 radical (unpaired) electrons. The lowest BCUT2D eigenvalue weighted by atomic mass is 9.96. The van der Waals surface area contributed by atoms with Crippen molar-refractivity contribution >= 4 is 5.91 Å². The third-order valence-corrected chi connectivity index (χ3v) is 2.02. The molecule has 0 unspecified atom stereocenters. The molecule has 0 saturated carbocycles. The topological polar surface area (TPSA) is 55.1 Å². The minimum atomic E-state index is -0.334. The Kier molecular flexibility index (Phi) is 3.50. The van der Waals surface area contributed by atoms with Crippen LogP contribution in [0.25, 0.3) is 0 Å². The normalized spacial score (nSPS) is 11.5. The Labute approximate surface area is 90.0 Å². The third-order valence-electron chi connectivity index (χ3n) is 2.02. The Morgan fingerprint density at radius 1 is 1.53 bits per heavy atom. The number of amides is 1. The van der Waals surface area contributed by atoms with Crippen molar-refractivity contribution < 1.29 is 9.32 Å². The first-order valence-corrected chi connectivity index (χ1v) is 5.10. The number of hydrogen-bond donors (Lipinski definition) is 1. The van der Waals surface area contributed by atoms with E-state index in [4.69, 9.17) is 4.52 Å². The van der Waals surface area contributed by atoms with E-state index in [1.54, 1.807) is 0 Å². The van der Waals surface area contributed by atoms with Crippen molar-refractivity contribution in [1.29, 1.82) is 0 Å². The highest BCUT2D eigenvalue weighted by Gasteiger charge is 2.20. The van der Waals surface area contributed by atoms with Crippen LogP contribution in [-0.2, 0) is 11.2 Å². The predicted molar refractivity (Wildman–Crippen MR) is 57.4 cm³/mol. The Morgan fingerprint density at radius 3 is 2.67 bits per heavy atom. The van der Waals surface area contributed by atoms with E-state index in [0.29, 0.717) is 13.0 Å². The Balaban J connectivity index is 2.31. The molecule has 4 nitrogen and oxygen atoms in total. The second-order valence-corrected chi connectivity index (χ2v) is 4.68. The van der Waals surface area contributed by atoms with Gasteiger partial charge in [-0.05, 0) is 6.92 Å². The molecular weight excluding hydrogens is 192 g/mol. The molecule has 15 heavy (non-hydrogen) atoms. The van der Waals surface area contributed by atoms with Gasteiger partial charge in [0.05, 0.1) is 5.69 Å². The Bertz CT molecular complexity index is 337. The second kappa shape index (κ2) is 4.47. The first-order chi connectivity index (χ1) is 6.89. The molecule has 0 aliphatic heterocycles. The number of hydrogen-bond acceptors (Lipinski definition) is 3. The van der Waals surface area contributed by atoms with E-state index < -0.39 is 0 Å². The molecular formula is C11H18N2O2. The monoisotopic (exact) mass is 210 g/mol. The van der Waals surface area contributed by atoms with Gasteiger partial charge in [0, 0.05) is 24.4 Å². The van der Waals surface area contributed by atoms with Crippen LogP contribution in [-0.4, -0.2) is 17.6 Å². The summed E-state index contributed by atoms with van der Waals surface area (Å²) in [7, 11) is 0. The molecule has 0 atom stereocenters. The minimum Gasteiger partial charge on any atom is -0.361 e. The molecule has 0 fully saturated rings. The number of aryl methyl sites for hydroxylation is 1. The zero-order valence-corrected chi connectivity index (χ0v) is 9.76. The minimum absolute atomic E-state index is 0.0581. The molecule has 1 heterocycles. The number of nitrogens with zero attached hydrogens (tertiary/aromatic N) is 1. The number of rotatable bonds is 3. The summed E-state index contributed by atoms with van der Waals surface area (Å²) >= 11 is 0. The maximum Gasteiger partial charge on any atom is 0.225 e. The van der Waals surface area contributed by atoms with E-state index in [-0.39, 0.29) is 11.3 Å². The zero-order valence-electron chi connectivity index (χ0n) is 9.76. The molecule has 1 aromatic heterocycles. The summed E-state index contributed by atoms with van der Waals surface area (Å²) in [6.45, 7) is 8.13. The van der Waals surface area contributed by atoms with Crippen LogP contribution in [0.15, 0.2) is 10.6 Å². The highest BCUT2D eigenvalue weighted by Crippen LogP contribution is 2.12. The fourth-order valence-electron chi connectivity index (χ4n) is 1.11. The maximum atomic E-state index is 11.5. The molecule has 0 aliphatic rings. The predicted octanol–water partition coefficient (Wildman–Crippen LogP) is 1.69. The largest absolute Gasteiger partial charge is 0.361 e. The average molecular weight is 210 g/mol. The summed E-state index contributed by atoms with van der Waals surface area (Å²) in [4.78, 5) is 11.5. The highest BCUT2D eigenvalue weighted by molar-refractivity contribution is 5.81. The summed E-state index contributed by atoms with van der Waals surface area (Å²) in [6, 6.07) is 1.88. The fraction of sp³-hybridized carbons (Fsp3) is 0.636. The number of aromatic nitrogens is 1. The number of carbonyl (C=O) groups is 1. The number of carbonyl (C=O) groups excluding carboxylic acids is 1. The lowest BCUT2D eigenvalue weighted by Gasteiger charge is -2.17. The molecule has 1 aromatic rings. The molecule has 4 heteroatoms. The standard InChI is InChI=1S/C11H18N2O2/c1-8-7-9(13-15-8)5-6-12-10(14)11(2,3)4/h7H,5-6H2,1-4H3,(H,12,14). The fourth-order valence-corrected chi connectivity index (χ4v) is 1.11. The lowest BCUT2D eigenvalue weighted by molar-refractivity contribution is -0.128. The van der Waals surface area contributed by atoms with Gasteiger partial charge in [0.15, 0.2) is 0 Å². The molecule has 1 rings (SSSR count). The van der Waals surface area contributed by atoms with Crippen LogP contribution < -0.4 is 5.32 Å². The molecule has 0 aliphatic carbocycles. The van der Waals surface area contributed by atoms with Crippen LogP contribution in [0.3, 0.4) is 0 Å². The van der Waals surface area contributed by atoms with Crippen molar-refractivity contribution in [2.75, 3.05) is 6.54 Å². The van der Waals surface area contributed by atoms with Crippen LogP contribution in [0.2, 0.25) is 0 Å². The summed E-state index contributed by atoms with van der Waals surface area (Å²) in [5.74, 6) is 0.856. The van der Waals surface area contributed by atoms with E-state index in [1.807, 2.05) is 33.8 Å². The van der Waals surface area contributed by atoms with E-state index >= 15 is 0 Å². The van der Waals surface area contributed by atoms with Crippen molar-refractivity contribution in [2.45, 2.75) is 34.1 Å². The quantitative estimate of drug-likeness (QED) is 0.826. The smallest absolute Gasteiger partial charge is 0.225 e. The van der Waals surface area contributed by atoms with Crippen molar-refractivity contribution in [3.63, 3.8) is 0 Å². The maximum absolute atomic E-state index is 11.5. The summed E-state index contributed by atoms with van der Waals surface area (Å²) < 4.78 is 4.93. The Morgan fingerprint density at radius 2 is 2.20 bits per heavy atom. The molecule has 84 valence electrons. The second-order valence-electron chi connectivity index (χ2n) is 4.68. The summed E-state index contributed by atoms with van der Waals surface area (Å²) in [5.41, 5.74) is 0.543. The van der Waals surface area contributed by atoms with Gasteiger partial charge < -0.3 is 9.84 Å². The Hall–Kier alpha value is -1.32. The van der Waals surface area contributed by atoms with Crippen molar-refractivity contribution in [2.24, 2.45) is 5.41 Å². The van der Waals surface area contributed by atoms with Gasteiger partial charge in [0.2, 0.25) is 5.91 Å². The van der Waals surface area contributed by atoms with Crippen LogP contribution in [0.5, 0.6) is 0 Å². The average Bonchev–Trinajstić information content (AvgIpc) is 2.49. The van der Waals surface area contributed by atoms with Crippen molar-refractivity contribution in [3.8, 4) is 0 Å². The summed E-state index contributed by atoms with van der Waals surface area (Å²) in [6.07, 6.45) is 0.708. The van der Waals surface area contributed by atoms with E-state index in [1.165, 1.54) is 0 Å². The van der Waals surface area contributed by atoms with Gasteiger partial charge in [-0.2, -0.15) is 0 Å². The van der Waals surface area contributed by atoms with Crippen molar-refractivity contribution in [1.82, 2.24) is 10.5 Å². The van der Waals surface area contributed by atoms with Crippen molar-refractivity contribution in [3.05, 3.63) is 17.5 Å². The van der Waals surface area contributed by atoms with Crippen LogP contribution in [0.1, 0.15) is 32.2 Å². The number of nitrogens with one attached hydrogen (secondary N) is 1. The summed E-state index contributed by atoms with van der Waals surface area (Å²) in [5, 5.41) is 6.71. The van der Waals surface area contributed by atoms with Crippen LogP contribution >= 0.6 is 0 Å². The van der Waals surface area contributed by atoms with Gasteiger partial charge in [-0.1, -0.05) is 25.9 Å². The first-order valence-electron chi connectivity index (χ1n) is 5.10. The molecule has 0 spiro atoms. The van der Waals surface area contributed by atoms with E-state index in [0.717, 1.165) is 11.5 Å². The molecule has 1 amide bonds. The van der Waals surface area contributed by atoms with Gasteiger partial charge >= 0.3 is 0 Å². The van der Waals surface area contributed by atoms with E-state index in [2.05, 4.69) is 10.5 Å². The van der Waals surface area contributed by atoms with E-state index in [9.17, 15) is 4.79 Å². The first kappa shape index (κ1) is 11.8. The molecule has 1 N–H and O–H groups in total. The van der Waals surface area contributed by atoms with Gasteiger partial charge in [0.25, 0.3) is 0 Å². The van der Waals surface area contributed by atoms with Crippen LogP contribution in [0, 0.1) is 12.3 Å². The van der Waals surface area contributed by atoms with Gasteiger partial charge in [-0.15, -0.1) is 0 Å². The molecule has 0 aromatic carbocycles. The molecule has 0 bridgehead atoms.